The Morgan fingerprint density at radius 2 is 1.70 bits per heavy atom. The lowest BCUT2D eigenvalue weighted by Gasteiger charge is -2.10. The number of hydrogen-bond acceptors (Lipinski definition) is 5. The summed E-state index contributed by atoms with van der Waals surface area (Å²) in [7, 11) is -2.34. The van der Waals surface area contributed by atoms with E-state index >= 15 is 0 Å². The molecule has 7 nitrogen and oxygen atoms in total. The fraction of sp³-hybridized carbons (Fsp3) is 0.200. The molecule has 1 aliphatic rings. The monoisotopic (exact) mass is 463 g/mol. The first kappa shape index (κ1) is 22.5. The predicted molar refractivity (Wildman–Crippen MR) is 128 cm³/mol. The van der Waals surface area contributed by atoms with Gasteiger partial charge in [-0.25, -0.2) is 13.8 Å². The van der Waals surface area contributed by atoms with Gasteiger partial charge in [0.2, 0.25) is 0 Å². The number of sulfonamides is 1. The van der Waals surface area contributed by atoms with E-state index < -0.39 is 15.9 Å². The van der Waals surface area contributed by atoms with Gasteiger partial charge in [0.15, 0.2) is 0 Å². The average Bonchev–Trinajstić information content (AvgIpc) is 3.05. The molecule has 33 heavy (non-hydrogen) atoms. The van der Waals surface area contributed by atoms with Crippen molar-refractivity contribution < 1.29 is 17.9 Å². The Hall–Kier alpha value is -3.65. The van der Waals surface area contributed by atoms with Gasteiger partial charge in [-0.1, -0.05) is 30.3 Å². The summed E-state index contributed by atoms with van der Waals surface area (Å²) in [6.07, 6.45) is 3.83. The van der Waals surface area contributed by atoms with Crippen molar-refractivity contribution >= 4 is 27.3 Å². The first-order valence-electron chi connectivity index (χ1n) is 10.7. The number of methoxy groups -OCH3 is 1. The van der Waals surface area contributed by atoms with Crippen LogP contribution in [0.3, 0.4) is 0 Å². The van der Waals surface area contributed by atoms with Crippen LogP contribution in [0.4, 0.5) is 5.69 Å². The molecular formula is C25H25N3O4S. The van der Waals surface area contributed by atoms with E-state index in [1.54, 1.807) is 30.3 Å². The number of anilines is 1. The molecule has 0 aromatic heterocycles. The zero-order valence-electron chi connectivity index (χ0n) is 18.2. The van der Waals surface area contributed by atoms with Gasteiger partial charge < -0.3 is 4.74 Å². The lowest BCUT2D eigenvalue weighted by molar-refractivity contribution is 0.0954. The second-order valence-corrected chi connectivity index (χ2v) is 9.41. The number of carbonyl (C=O) groups excluding carboxylic acids is 1. The van der Waals surface area contributed by atoms with Crippen LogP contribution >= 0.6 is 0 Å². The SMILES string of the molecule is COc1ccc(NS(=O)(=O)c2cccc(C(=O)N/N=C3\CCCCc4ccccc43)c2)cc1. The number of fused-ring (bicyclic) bond motifs is 1. The van der Waals surface area contributed by atoms with E-state index in [0.717, 1.165) is 37.0 Å². The van der Waals surface area contributed by atoms with Crippen LogP contribution in [0.1, 0.15) is 40.7 Å². The van der Waals surface area contributed by atoms with E-state index in [4.69, 9.17) is 4.74 Å². The van der Waals surface area contributed by atoms with Gasteiger partial charge in [-0.05, 0) is 73.7 Å². The van der Waals surface area contributed by atoms with Crippen LogP contribution in [0.5, 0.6) is 5.75 Å². The van der Waals surface area contributed by atoms with Crippen molar-refractivity contribution in [3.8, 4) is 5.75 Å². The summed E-state index contributed by atoms with van der Waals surface area (Å²) in [4.78, 5) is 12.7. The number of ether oxygens (including phenoxy) is 1. The molecule has 0 bridgehead atoms. The van der Waals surface area contributed by atoms with Crippen molar-refractivity contribution in [3.05, 3.63) is 89.5 Å². The third-order valence-corrected chi connectivity index (χ3v) is 6.86. The molecule has 0 spiro atoms. The van der Waals surface area contributed by atoms with E-state index in [2.05, 4.69) is 21.3 Å². The van der Waals surface area contributed by atoms with E-state index in [-0.39, 0.29) is 10.5 Å². The van der Waals surface area contributed by atoms with Crippen molar-refractivity contribution in [3.63, 3.8) is 0 Å². The summed E-state index contributed by atoms with van der Waals surface area (Å²) in [6, 6.07) is 20.5. The molecule has 0 saturated heterocycles. The molecule has 4 rings (SSSR count). The maximum Gasteiger partial charge on any atom is 0.271 e. The van der Waals surface area contributed by atoms with Gasteiger partial charge in [-0.15, -0.1) is 0 Å². The second-order valence-electron chi connectivity index (χ2n) is 7.73. The van der Waals surface area contributed by atoms with Gasteiger partial charge in [-0.3, -0.25) is 9.52 Å². The van der Waals surface area contributed by atoms with Crippen molar-refractivity contribution in [2.75, 3.05) is 11.8 Å². The number of aryl methyl sites for hydroxylation is 1. The smallest absolute Gasteiger partial charge is 0.271 e. The topological polar surface area (TPSA) is 96.9 Å². The van der Waals surface area contributed by atoms with Crippen molar-refractivity contribution in [2.24, 2.45) is 5.10 Å². The molecule has 3 aromatic rings. The molecule has 0 atom stereocenters. The van der Waals surface area contributed by atoms with Crippen LogP contribution in [0, 0.1) is 0 Å². The number of hydrazone groups is 1. The van der Waals surface area contributed by atoms with E-state index in [1.165, 1.54) is 30.9 Å². The highest BCUT2D eigenvalue weighted by Gasteiger charge is 2.18. The largest absolute Gasteiger partial charge is 0.497 e. The molecule has 0 unspecified atom stereocenters. The molecule has 0 aliphatic heterocycles. The number of nitrogens with one attached hydrogen (secondary N) is 2. The summed E-state index contributed by atoms with van der Waals surface area (Å²) in [5.74, 6) is 0.153. The van der Waals surface area contributed by atoms with Gasteiger partial charge in [0.1, 0.15) is 5.75 Å². The summed E-state index contributed by atoms with van der Waals surface area (Å²) >= 11 is 0. The minimum Gasteiger partial charge on any atom is -0.497 e. The molecule has 170 valence electrons. The zero-order chi connectivity index (χ0) is 23.3. The highest BCUT2D eigenvalue weighted by Crippen LogP contribution is 2.22. The van der Waals surface area contributed by atoms with Crippen LogP contribution < -0.4 is 14.9 Å². The van der Waals surface area contributed by atoms with Crippen LogP contribution in [-0.2, 0) is 16.4 Å². The van der Waals surface area contributed by atoms with Crippen LogP contribution in [0.15, 0.2) is 82.8 Å². The van der Waals surface area contributed by atoms with Crippen molar-refractivity contribution in [1.29, 1.82) is 0 Å². The number of hydrogen-bond donors (Lipinski definition) is 2. The molecule has 8 heteroatoms. The molecule has 3 aromatic carbocycles. The van der Waals surface area contributed by atoms with Crippen LogP contribution in [0.25, 0.3) is 0 Å². The molecule has 2 N–H and O–H groups in total. The van der Waals surface area contributed by atoms with E-state index in [1.807, 2.05) is 18.2 Å². The van der Waals surface area contributed by atoms with Gasteiger partial charge >= 0.3 is 0 Å². The number of amides is 1. The lowest BCUT2D eigenvalue weighted by Crippen LogP contribution is -2.21. The lowest BCUT2D eigenvalue weighted by atomic mass is 10.0. The number of benzene rings is 3. The number of carbonyl (C=O) groups is 1. The normalized spacial score (nSPS) is 14.8. The highest BCUT2D eigenvalue weighted by molar-refractivity contribution is 7.92. The van der Waals surface area contributed by atoms with Gasteiger partial charge in [0, 0.05) is 16.8 Å². The summed E-state index contributed by atoms with van der Waals surface area (Å²) in [5, 5.41) is 4.38. The Kier molecular flexibility index (Phi) is 6.74. The maximum absolute atomic E-state index is 12.8. The maximum atomic E-state index is 12.8. The molecule has 0 saturated carbocycles. The summed E-state index contributed by atoms with van der Waals surface area (Å²) in [5.41, 5.74) is 6.31. The molecule has 0 radical (unpaired) electrons. The van der Waals surface area contributed by atoms with Crippen LogP contribution in [-0.4, -0.2) is 27.1 Å². The first-order chi connectivity index (χ1) is 16.0. The third kappa shape index (κ3) is 5.40. The average molecular weight is 464 g/mol. The van der Waals surface area contributed by atoms with Crippen molar-refractivity contribution in [1.82, 2.24) is 5.43 Å². The third-order valence-electron chi connectivity index (χ3n) is 5.48. The fourth-order valence-corrected chi connectivity index (χ4v) is 4.84. The van der Waals surface area contributed by atoms with Gasteiger partial charge in [-0.2, -0.15) is 5.10 Å². The minimum absolute atomic E-state index is 0.0153. The van der Waals surface area contributed by atoms with Gasteiger partial charge in [0.25, 0.3) is 15.9 Å². The Labute approximate surface area is 193 Å². The molecule has 1 amide bonds. The minimum atomic E-state index is -3.88. The Morgan fingerprint density at radius 1 is 0.939 bits per heavy atom. The Bertz CT molecular complexity index is 1290. The molecule has 1 aliphatic carbocycles. The van der Waals surface area contributed by atoms with Crippen molar-refractivity contribution in [2.45, 2.75) is 30.6 Å². The second kappa shape index (κ2) is 9.87. The Morgan fingerprint density at radius 3 is 2.48 bits per heavy atom. The van der Waals surface area contributed by atoms with E-state index in [9.17, 15) is 13.2 Å². The quantitative estimate of drug-likeness (QED) is 0.419. The molecule has 0 heterocycles. The summed E-state index contributed by atoms with van der Waals surface area (Å²) in [6.45, 7) is 0. The number of rotatable bonds is 6. The fourth-order valence-electron chi connectivity index (χ4n) is 3.74. The molecular weight excluding hydrogens is 438 g/mol. The standard InChI is InChI=1S/C25H25N3O4S/c1-32-21-15-13-20(14-16-21)28-33(30,31)22-10-6-9-19(17-22)25(29)27-26-24-12-5-3-8-18-7-2-4-11-23(18)24/h2,4,6-7,9-11,13-17,28H,3,5,8,12H2,1H3,(H,27,29)/b26-24+. The predicted octanol–water partition coefficient (Wildman–Crippen LogP) is 4.36. The number of nitrogens with zero attached hydrogens (tertiary/aromatic N) is 1. The van der Waals surface area contributed by atoms with E-state index in [0.29, 0.717) is 11.4 Å². The summed E-state index contributed by atoms with van der Waals surface area (Å²) < 4.78 is 33.2. The zero-order valence-corrected chi connectivity index (χ0v) is 19.1. The van der Waals surface area contributed by atoms with Gasteiger partial charge in [0.05, 0.1) is 17.7 Å². The molecule has 0 fully saturated rings. The van der Waals surface area contributed by atoms with Crippen LogP contribution in [0.2, 0.25) is 0 Å². The highest BCUT2D eigenvalue weighted by atomic mass is 32.2. The Balaban J connectivity index is 1.51. The first-order valence-corrected chi connectivity index (χ1v) is 12.2.